The maximum absolute atomic E-state index is 9.34. The molecule has 18 heavy (non-hydrogen) atoms. The molecule has 5 nitrogen and oxygen atoms in total. The minimum absolute atomic E-state index is 0.0467. The monoisotopic (exact) mass is 252 g/mol. The van der Waals surface area contributed by atoms with Crippen LogP contribution >= 0.6 is 0 Å². The maximum atomic E-state index is 9.34. The van der Waals surface area contributed by atoms with Crippen LogP contribution in [0.1, 0.15) is 46.1 Å². The zero-order chi connectivity index (χ0) is 13.8. The fourth-order valence-corrected chi connectivity index (χ4v) is 1.71. The smallest absolute Gasteiger partial charge is 0.135 e. The fraction of sp³-hybridized carbons (Fsp3) is 0.692. The minimum Gasteiger partial charge on any atom is -0.394 e. The molecule has 5 heteroatoms. The Morgan fingerprint density at radius 3 is 2.39 bits per heavy atom. The van der Waals surface area contributed by atoms with Crippen molar-refractivity contribution in [2.75, 3.05) is 23.8 Å². The third kappa shape index (κ3) is 3.57. The van der Waals surface area contributed by atoms with Crippen molar-refractivity contribution in [3.63, 3.8) is 0 Å². The molecule has 0 saturated carbocycles. The number of hydrogen-bond donors (Lipinski definition) is 3. The van der Waals surface area contributed by atoms with Crippen molar-refractivity contribution >= 4 is 11.6 Å². The molecule has 1 rings (SSSR count). The Morgan fingerprint density at radius 1 is 1.28 bits per heavy atom. The van der Waals surface area contributed by atoms with Crippen LogP contribution in [0.15, 0.2) is 6.33 Å². The number of anilines is 2. The van der Waals surface area contributed by atoms with Gasteiger partial charge in [-0.05, 0) is 26.7 Å². The van der Waals surface area contributed by atoms with Gasteiger partial charge in [-0.1, -0.05) is 13.8 Å². The van der Waals surface area contributed by atoms with Crippen molar-refractivity contribution in [2.24, 2.45) is 0 Å². The molecule has 0 aliphatic heterocycles. The fourth-order valence-electron chi connectivity index (χ4n) is 1.71. The first kappa shape index (κ1) is 14.7. The van der Waals surface area contributed by atoms with Crippen molar-refractivity contribution < 1.29 is 5.11 Å². The van der Waals surface area contributed by atoms with Crippen LogP contribution in [-0.2, 0) is 0 Å². The molecule has 1 aromatic heterocycles. The normalized spacial score (nSPS) is 11.7. The SMILES string of the molecule is CCNc1ncnc(NC(C)(C)CO)c1C(C)C. The van der Waals surface area contributed by atoms with Crippen LogP contribution in [0.4, 0.5) is 11.6 Å². The number of rotatable bonds is 6. The van der Waals surface area contributed by atoms with Crippen molar-refractivity contribution in [1.29, 1.82) is 0 Å². The van der Waals surface area contributed by atoms with Crippen molar-refractivity contribution in [3.05, 3.63) is 11.9 Å². The molecular weight excluding hydrogens is 228 g/mol. The number of hydrogen-bond acceptors (Lipinski definition) is 5. The predicted octanol–water partition coefficient (Wildman–Crippen LogP) is 2.21. The highest BCUT2D eigenvalue weighted by Crippen LogP contribution is 2.29. The zero-order valence-electron chi connectivity index (χ0n) is 11.9. The number of aromatic nitrogens is 2. The Hall–Kier alpha value is -1.36. The summed E-state index contributed by atoms with van der Waals surface area (Å²) in [7, 11) is 0. The third-order valence-electron chi connectivity index (χ3n) is 2.66. The van der Waals surface area contributed by atoms with Crippen LogP contribution in [0.3, 0.4) is 0 Å². The van der Waals surface area contributed by atoms with E-state index in [1.807, 2.05) is 20.8 Å². The molecule has 0 spiro atoms. The standard InChI is InChI=1S/C13H24N4O/c1-6-14-11-10(9(2)3)12(16-8-15-11)17-13(4,5)7-18/h8-9,18H,6-7H2,1-5H3,(H2,14,15,16,17). The predicted molar refractivity (Wildman–Crippen MR) is 75.1 cm³/mol. The van der Waals surface area contributed by atoms with Gasteiger partial charge >= 0.3 is 0 Å². The maximum Gasteiger partial charge on any atom is 0.135 e. The van der Waals surface area contributed by atoms with Gasteiger partial charge in [-0.2, -0.15) is 0 Å². The van der Waals surface area contributed by atoms with Crippen LogP contribution in [0.2, 0.25) is 0 Å². The highest BCUT2D eigenvalue weighted by molar-refractivity contribution is 5.59. The highest BCUT2D eigenvalue weighted by atomic mass is 16.3. The van der Waals surface area contributed by atoms with Gasteiger partial charge in [0.2, 0.25) is 0 Å². The second-order valence-corrected chi connectivity index (χ2v) is 5.34. The van der Waals surface area contributed by atoms with Crippen molar-refractivity contribution in [1.82, 2.24) is 9.97 Å². The molecule has 0 aliphatic rings. The first-order valence-electron chi connectivity index (χ1n) is 6.39. The summed E-state index contributed by atoms with van der Waals surface area (Å²) in [6.45, 7) is 11.0. The molecule has 0 fully saturated rings. The van der Waals surface area contributed by atoms with Crippen molar-refractivity contribution in [3.8, 4) is 0 Å². The zero-order valence-corrected chi connectivity index (χ0v) is 11.9. The second-order valence-electron chi connectivity index (χ2n) is 5.34. The molecule has 1 aromatic rings. The molecule has 1 heterocycles. The summed E-state index contributed by atoms with van der Waals surface area (Å²) in [6, 6.07) is 0. The van der Waals surface area contributed by atoms with Crippen LogP contribution in [-0.4, -0.2) is 33.8 Å². The van der Waals surface area contributed by atoms with Crippen LogP contribution in [0, 0.1) is 0 Å². The summed E-state index contributed by atoms with van der Waals surface area (Å²) in [5.41, 5.74) is 0.655. The van der Waals surface area contributed by atoms with E-state index < -0.39 is 5.54 Å². The average Bonchev–Trinajstić information content (AvgIpc) is 2.28. The molecule has 0 unspecified atom stereocenters. The van der Waals surface area contributed by atoms with Gasteiger partial charge in [0, 0.05) is 12.1 Å². The van der Waals surface area contributed by atoms with Gasteiger partial charge in [0.15, 0.2) is 0 Å². The van der Waals surface area contributed by atoms with Gasteiger partial charge in [-0.25, -0.2) is 9.97 Å². The van der Waals surface area contributed by atoms with E-state index in [-0.39, 0.29) is 6.61 Å². The number of nitrogens with zero attached hydrogens (tertiary/aromatic N) is 2. The van der Waals surface area contributed by atoms with E-state index in [0.29, 0.717) is 5.92 Å². The van der Waals surface area contributed by atoms with E-state index in [0.717, 1.165) is 23.7 Å². The Kier molecular flexibility index (Phi) is 4.90. The molecule has 3 N–H and O–H groups in total. The number of aliphatic hydroxyl groups is 1. The summed E-state index contributed by atoms with van der Waals surface area (Å²) in [6.07, 6.45) is 1.54. The summed E-state index contributed by atoms with van der Waals surface area (Å²) in [4.78, 5) is 8.58. The molecule has 0 aromatic carbocycles. The van der Waals surface area contributed by atoms with Crippen molar-refractivity contribution in [2.45, 2.75) is 46.1 Å². The Bertz CT molecular complexity index is 391. The minimum atomic E-state index is -0.401. The summed E-state index contributed by atoms with van der Waals surface area (Å²) >= 11 is 0. The summed E-state index contributed by atoms with van der Waals surface area (Å²) < 4.78 is 0. The van der Waals surface area contributed by atoms with Crippen LogP contribution in [0.5, 0.6) is 0 Å². The molecular formula is C13H24N4O. The molecule has 0 aliphatic carbocycles. The van der Waals surface area contributed by atoms with Gasteiger partial charge in [-0.3, -0.25) is 0 Å². The number of nitrogens with one attached hydrogen (secondary N) is 2. The lowest BCUT2D eigenvalue weighted by molar-refractivity contribution is 0.233. The van der Waals surface area contributed by atoms with Crippen LogP contribution < -0.4 is 10.6 Å². The largest absolute Gasteiger partial charge is 0.394 e. The molecule has 0 bridgehead atoms. The van der Waals surface area contributed by atoms with E-state index in [1.54, 1.807) is 6.33 Å². The van der Waals surface area contributed by atoms with Gasteiger partial charge in [0.1, 0.15) is 18.0 Å². The van der Waals surface area contributed by atoms with E-state index in [4.69, 9.17) is 0 Å². The second kappa shape index (κ2) is 6.00. The lowest BCUT2D eigenvalue weighted by atomic mass is 10.0. The molecule has 0 saturated heterocycles. The first-order chi connectivity index (χ1) is 8.41. The highest BCUT2D eigenvalue weighted by Gasteiger charge is 2.21. The molecule has 0 atom stereocenters. The lowest BCUT2D eigenvalue weighted by Gasteiger charge is -2.27. The Balaban J connectivity index is 3.14. The van der Waals surface area contributed by atoms with Gasteiger partial charge in [0.25, 0.3) is 0 Å². The van der Waals surface area contributed by atoms with Crippen LogP contribution in [0.25, 0.3) is 0 Å². The quantitative estimate of drug-likeness (QED) is 0.724. The summed E-state index contributed by atoms with van der Waals surface area (Å²) in [5.74, 6) is 1.95. The molecule has 0 amide bonds. The molecule has 102 valence electrons. The van der Waals surface area contributed by atoms with E-state index in [1.165, 1.54) is 0 Å². The lowest BCUT2D eigenvalue weighted by Crippen LogP contribution is -2.36. The summed E-state index contributed by atoms with van der Waals surface area (Å²) in [5, 5.41) is 15.9. The number of aliphatic hydroxyl groups excluding tert-OH is 1. The first-order valence-corrected chi connectivity index (χ1v) is 6.39. The van der Waals surface area contributed by atoms with Gasteiger partial charge < -0.3 is 15.7 Å². The average molecular weight is 252 g/mol. The Labute approximate surface area is 109 Å². The van der Waals surface area contributed by atoms with E-state index in [2.05, 4.69) is 34.4 Å². The van der Waals surface area contributed by atoms with Gasteiger partial charge in [0.05, 0.1) is 12.1 Å². The topological polar surface area (TPSA) is 70.1 Å². The van der Waals surface area contributed by atoms with E-state index >= 15 is 0 Å². The third-order valence-corrected chi connectivity index (χ3v) is 2.66. The molecule has 0 radical (unpaired) electrons. The van der Waals surface area contributed by atoms with Gasteiger partial charge in [-0.15, -0.1) is 0 Å². The Morgan fingerprint density at radius 2 is 1.89 bits per heavy atom. The van der Waals surface area contributed by atoms with E-state index in [9.17, 15) is 5.11 Å².